The number of rotatable bonds is 5. The molecule has 0 amide bonds. The molecular weight excluding hydrogens is 330 g/mol. The molecule has 5 nitrogen and oxygen atoms in total. The van der Waals surface area contributed by atoms with Gasteiger partial charge < -0.3 is 5.32 Å². The van der Waals surface area contributed by atoms with Gasteiger partial charge in [0.2, 0.25) is 0 Å². The van der Waals surface area contributed by atoms with Crippen molar-refractivity contribution in [2.45, 2.75) is 11.6 Å². The van der Waals surface area contributed by atoms with E-state index in [0.29, 0.717) is 0 Å². The molecule has 0 bridgehead atoms. The first-order valence-corrected chi connectivity index (χ1v) is 9.20. The Balaban J connectivity index is 1.72. The summed E-state index contributed by atoms with van der Waals surface area (Å²) < 4.78 is 0. The third-order valence-corrected chi connectivity index (χ3v) is 4.52. The number of nitrogens with zero attached hydrogens (tertiary/aromatic N) is 3. The topological polar surface area (TPSA) is 66.5 Å². The Hall–Kier alpha value is -2.86. The van der Waals surface area contributed by atoms with E-state index in [1.165, 1.54) is 17.3 Å². The van der Waals surface area contributed by atoms with Crippen LogP contribution in [0.1, 0.15) is 11.3 Å². The lowest BCUT2D eigenvalue weighted by atomic mass is 10.1. The van der Waals surface area contributed by atoms with Crippen molar-refractivity contribution in [1.82, 2.24) is 20.2 Å². The lowest BCUT2D eigenvalue weighted by molar-refractivity contribution is 0.976. The van der Waals surface area contributed by atoms with Crippen LogP contribution in [0.25, 0.3) is 10.9 Å². The maximum atomic E-state index is 4.52. The summed E-state index contributed by atoms with van der Waals surface area (Å²) in [7, 11) is 0. The molecule has 2 aromatic carbocycles. The minimum absolute atomic E-state index is 0.744. The van der Waals surface area contributed by atoms with Gasteiger partial charge in [-0.25, -0.2) is 9.97 Å². The molecule has 25 heavy (non-hydrogen) atoms. The molecule has 0 spiro atoms. The third-order valence-electron chi connectivity index (χ3n) is 3.96. The molecule has 6 heteroatoms. The number of thioether (sulfide) groups is 1. The number of hydrogen-bond donors (Lipinski definition) is 2. The molecule has 0 saturated heterocycles. The second-order valence-corrected chi connectivity index (χ2v) is 6.39. The van der Waals surface area contributed by atoms with Gasteiger partial charge in [-0.1, -0.05) is 48.2 Å². The second-order valence-electron chi connectivity index (χ2n) is 5.61. The predicted octanol–water partition coefficient (Wildman–Crippen LogP) is 4.41. The summed E-state index contributed by atoms with van der Waals surface area (Å²) in [6.07, 6.45) is 4.51. The second kappa shape index (κ2) is 6.94. The number of benzene rings is 2. The fourth-order valence-electron chi connectivity index (χ4n) is 2.81. The van der Waals surface area contributed by atoms with E-state index in [9.17, 15) is 0 Å². The Bertz CT molecular complexity index is 997. The maximum Gasteiger partial charge on any atom is 0.189 e. The van der Waals surface area contributed by atoms with Crippen molar-refractivity contribution in [1.29, 1.82) is 0 Å². The zero-order valence-corrected chi connectivity index (χ0v) is 14.5. The van der Waals surface area contributed by atoms with E-state index in [1.54, 1.807) is 6.20 Å². The molecule has 4 rings (SSSR count). The van der Waals surface area contributed by atoms with Crippen molar-refractivity contribution in [3.05, 3.63) is 72.1 Å². The monoisotopic (exact) mass is 347 g/mol. The Kier molecular flexibility index (Phi) is 4.35. The van der Waals surface area contributed by atoms with Gasteiger partial charge in [0.15, 0.2) is 5.16 Å². The van der Waals surface area contributed by atoms with Crippen LogP contribution in [0.4, 0.5) is 11.5 Å². The van der Waals surface area contributed by atoms with E-state index in [2.05, 4.69) is 37.6 Å². The molecule has 0 saturated carbocycles. The quantitative estimate of drug-likeness (QED) is 0.413. The van der Waals surface area contributed by atoms with Crippen LogP contribution in [0.15, 0.2) is 66.0 Å². The summed E-state index contributed by atoms with van der Waals surface area (Å²) in [5.41, 5.74) is 4.25. The molecule has 4 aromatic rings. The maximum absolute atomic E-state index is 4.52. The highest BCUT2D eigenvalue weighted by molar-refractivity contribution is 7.98. The first-order valence-electron chi connectivity index (χ1n) is 7.97. The van der Waals surface area contributed by atoms with Crippen LogP contribution in [0.5, 0.6) is 0 Å². The molecule has 2 aromatic heterocycles. The van der Waals surface area contributed by atoms with Crippen molar-refractivity contribution in [2.24, 2.45) is 0 Å². The van der Waals surface area contributed by atoms with Crippen LogP contribution >= 0.6 is 11.8 Å². The molecule has 0 aliphatic carbocycles. The first kappa shape index (κ1) is 15.7. The van der Waals surface area contributed by atoms with Crippen LogP contribution in [-0.2, 0) is 6.42 Å². The molecule has 0 fully saturated rings. The van der Waals surface area contributed by atoms with E-state index in [1.807, 2.05) is 48.7 Å². The van der Waals surface area contributed by atoms with E-state index in [0.717, 1.165) is 39.7 Å². The minimum atomic E-state index is 0.744. The van der Waals surface area contributed by atoms with E-state index in [-0.39, 0.29) is 0 Å². The van der Waals surface area contributed by atoms with Crippen molar-refractivity contribution >= 4 is 34.2 Å². The van der Waals surface area contributed by atoms with Crippen molar-refractivity contribution in [3.8, 4) is 0 Å². The molecule has 0 aliphatic heterocycles. The van der Waals surface area contributed by atoms with Crippen molar-refractivity contribution in [3.63, 3.8) is 0 Å². The Morgan fingerprint density at radius 3 is 2.76 bits per heavy atom. The highest BCUT2D eigenvalue weighted by atomic mass is 32.2. The third kappa shape index (κ3) is 3.34. The van der Waals surface area contributed by atoms with Gasteiger partial charge in [0.05, 0.1) is 16.9 Å². The van der Waals surface area contributed by atoms with Gasteiger partial charge in [-0.2, -0.15) is 5.10 Å². The van der Waals surface area contributed by atoms with Gasteiger partial charge in [-0.15, -0.1) is 0 Å². The molecule has 0 atom stereocenters. The fraction of sp³-hybridized carbons (Fsp3) is 0.105. The Morgan fingerprint density at radius 2 is 1.92 bits per heavy atom. The summed E-state index contributed by atoms with van der Waals surface area (Å²) in [6.45, 7) is 0. The summed E-state index contributed by atoms with van der Waals surface area (Å²) in [5.74, 6) is 0.777. The largest absolute Gasteiger partial charge is 0.339 e. The van der Waals surface area contributed by atoms with Gasteiger partial charge in [0, 0.05) is 18.0 Å². The van der Waals surface area contributed by atoms with Crippen molar-refractivity contribution in [2.75, 3.05) is 11.6 Å². The lowest BCUT2D eigenvalue weighted by Crippen LogP contribution is -1.97. The first-order chi connectivity index (χ1) is 12.3. The van der Waals surface area contributed by atoms with Crippen LogP contribution in [0.2, 0.25) is 0 Å². The molecule has 0 aliphatic rings. The standard InChI is InChI=1S/C19H17N5S/c1-25-19-20-11-10-17(22-19)21-14-8-5-9-15-18(14)16(24-23-15)12-13-6-3-2-4-7-13/h2-11H,12H2,1H3,(H,23,24)(H,20,21,22). The summed E-state index contributed by atoms with van der Waals surface area (Å²) in [4.78, 5) is 8.72. The zero-order chi connectivity index (χ0) is 17.1. The molecule has 0 radical (unpaired) electrons. The van der Waals surface area contributed by atoms with Crippen LogP contribution < -0.4 is 5.32 Å². The minimum Gasteiger partial charge on any atom is -0.339 e. The molecular formula is C19H17N5S. The van der Waals surface area contributed by atoms with E-state index in [4.69, 9.17) is 0 Å². The number of hydrogen-bond acceptors (Lipinski definition) is 5. The van der Waals surface area contributed by atoms with Crippen LogP contribution in [0.3, 0.4) is 0 Å². The number of aromatic amines is 1. The normalized spacial score (nSPS) is 10.9. The molecule has 124 valence electrons. The molecule has 0 unspecified atom stereocenters. The molecule has 2 heterocycles. The Labute approximate surface area is 149 Å². The summed E-state index contributed by atoms with van der Waals surface area (Å²) >= 11 is 1.52. The van der Waals surface area contributed by atoms with Crippen LogP contribution in [0, 0.1) is 0 Å². The van der Waals surface area contributed by atoms with Gasteiger partial charge in [-0.3, -0.25) is 5.10 Å². The highest BCUT2D eigenvalue weighted by Crippen LogP contribution is 2.29. The highest BCUT2D eigenvalue weighted by Gasteiger charge is 2.11. The number of anilines is 2. The summed E-state index contributed by atoms with van der Waals surface area (Å²) in [6, 6.07) is 18.3. The van der Waals surface area contributed by atoms with Crippen LogP contribution in [-0.4, -0.2) is 26.4 Å². The number of aromatic nitrogens is 4. The SMILES string of the molecule is CSc1nccc(Nc2cccc3[nH]nc(Cc4ccccc4)c23)n1. The van der Waals surface area contributed by atoms with Crippen molar-refractivity contribution < 1.29 is 0 Å². The number of nitrogens with one attached hydrogen (secondary N) is 2. The number of fused-ring (bicyclic) bond motifs is 1. The van der Waals surface area contributed by atoms with Gasteiger partial charge >= 0.3 is 0 Å². The average Bonchev–Trinajstić information content (AvgIpc) is 3.07. The number of H-pyrrole nitrogens is 1. The van der Waals surface area contributed by atoms with Gasteiger partial charge in [-0.05, 0) is 30.0 Å². The fourth-order valence-corrected chi connectivity index (χ4v) is 3.16. The van der Waals surface area contributed by atoms with E-state index < -0.39 is 0 Å². The average molecular weight is 347 g/mol. The predicted molar refractivity (Wildman–Crippen MR) is 102 cm³/mol. The molecule has 2 N–H and O–H groups in total. The lowest BCUT2D eigenvalue weighted by Gasteiger charge is -2.09. The summed E-state index contributed by atoms with van der Waals surface area (Å²) in [5, 5.41) is 12.9. The van der Waals surface area contributed by atoms with Gasteiger partial charge in [0.25, 0.3) is 0 Å². The van der Waals surface area contributed by atoms with E-state index >= 15 is 0 Å². The Morgan fingerprint density at radius 1 is 1.04 bits per heavy atom. The zero-order valence-electron chi connectivity index (χ0n) is 13.7. The van der Waals surface area contributed by atoms with Gasteiger partial charge in [0.1, 0.15) is 5.82 Å². The smallest absolute Gasteiger partial charge is 0.189 e.